The van der Waals surface area contributed by atoms with E-state index in [0.717, 1.165) is 10.6 Å². The van der Waals surface area contributed by atoms with Gasteiger partial charge in [0.1, 0.15) is 0 Å². The highest BCUT2D eigenvalue weighted by Crippen LogP contribution is 2.26. The molecule has 0 radical (unpaired) electrons. The van der Waals surface area contributed by atoms with Crippen molar-refractivity contribution < 1.29 is 17.9 Å². The number of aromatic amines is 1. The van der Waals surface area contributed by atoms with Crippen LogP contribution < -0.4 is 5.32 Å². The quantitative estimate of drug-likeness (QED) is 0.645. The maximum Gasteiger partial charge on any atom is 0.276 e. The number of aryl methyl sites for hydroxylation is 1. The van der Waals surface area contributed by atoms with Crippen molar-refractivity contribution in [2.24, 2.45) is 0 Å². The summed E-state index contributed by atoms with van der Waals surface area (Å²) in [6, 6.07) is 10.4. The molecule has 0 bridgehead atoms. The SMILES string of the molecule is Cc1ccc(NC(=O)c2cc(-c3cccs3)[nH]n2)cc1S(=O)(=O)N1CCOCC1. The summed E-state index contributed by atoms with van der Waals surface area (Å²) in [5.41, 5.74) is 2.00. The van der Waals surface area contributed by atoms with E-state index in [1.807, 2.05) is 17.5 Å². The van der Waals surface area contributed by atoms with Gasteiger partial charge >= 0.3 is 0 Å². The van der Waals surface area contributed by atoms with Crippen molar-refractivity contribution in [3.63, 3.8) is 0 Å². The summed E-state index contributed by atoms with van der Waals surface area (Å²) < 4.78 is 32.6. The lowest BCUT2D eigenvalue weighted by molar-refractivity contribution is 0.0730. The molecule has 2 N–H and O–H groups in total. The fraction of sp³-hybridized carbons (Fsp3) is 0.263. The minimum atomic E-state index is -3.66. The molecule has 4 rings (SSSR count). The first-order valence-electron chi connectivity index (χ1n) is 9.04. The van der Waals surface area contributed by atoms with Crippen molar-refractivity contribution in [1.29, 1.82) is 0 Å². The number of ether oxygens (including phenoxy) is 1. The molecule has 0 unspecified atom stereocenters. The highest BCUT2D eigenvalue weighted by molar-refractivity contribution is 7.89. The standard InChI is InChI=1S/C19H20N4O4S2/c1-13-4-5-14(11-18(13)29(25,26)23-6-8-27-9-7-23)20-19(24)16-12-15(21-22-16)17-3-2-10-28-17/h2-5,10-12H,6-9H2,1H3,(H,20,24)(H,21,22). The zero-order chi connectivity index (χ0) is 20.4. The van der Waals surface area contributed by atoms with E-state index >= 15 is 0 Å². The summed E-state index contributed by atoms with van der Waals surface area (Å²) in [5.74, 6) is -0.414. The van der Waals surface area contributed by atoms with E-state index in [0.29, 0.717) is 37.6 Å². The summed E-state index contributed by atoms with van der Waals surface area (Å²) in [6.45, 7) is 3.12. The Kier molecular flexibility index (Phi) is 5.50. The van der Waals surface area contributed by atoms with E-state index < -0.39 is 15.9 Å². The number of carbonyl (C=O) groups excluding carboxylic acids is 1. The number of hydrogen-bond donors (Lipinski definition) is 2. The first-order chi connectivity index (χ1) is 13.9. The number of rotatable bonds is 5. The number of benzene rings is 1. The van der Waals surface area contributed by atoms with Gasteiger partial charge in [0.05, 0.1) is 28.7 Å². The van der Waals surface area contributed by atoms with E-state index in [1.54, 1.807) is 36.5 Å². The normalized spacial score (nSPS) is 15.3. The number of H-pyrrole nitrogens is 1. The predicted molar refractivity (Wildman–Crippen MR) is 111 cm³/mol. The molecule has 29 heavy (non-hydrogen) atoms. The van der Waals surface area contributed by atoms with Gasteiger partial charge in [0, 0.05) is 18.8 Å². The Morgan fingerprint density at radius 2 is 2.03 bits per heavy atom. The van der Waals surface area contributed by atoms with Crippen LogP contribution in [0.3, 0.4) is 0 Å². The van der Waals surface area contributed by atoms with E-state index in [1.165, 1.54) is 10.4 Å². The Morgan fingerprint density at radius 3 is 2.76 bits per heavy atom. The molecule has 1 aliphatic heterocycles. The lowest BCUT2D eigenvalue weighted by atomic mass is 10.2. The molecule has 0 atom stereocenters. The second kappa shape index (κ2) is 8.07. The van der Waals surface area contributed by atoms with Gasteiger partial charge in [0.25, 0.3) is 5.91 Å². The van der Waals surface area contributed by atoms with Crippen LogP contribution in [0, 0.1) is 6.92 Å². The van der Waals surface area contributed by atoms with Crippen LogP contribution >= 0.6 is 11.3 Å². The number of carbonyl (C=O) groups is 1. The number of sulfonamides is 1. The molecule has 1 amide bonds. The van der Waals surface area contributed by atoms with Gasteiger partial charge in [-0.25, -0.2) is 8.42 Å². The number of amides is 1. The van der Waals surface area contributed by atoms with Crippen LogP contribution in [-0.2, 0) is 14.8 Å². The summed E-state index contributed by atoms with van der Waals surface area (Å²) in [5, 5.41) is 11.6. The monoisotopic (exact) mass is 432 g/mol. The Balaban J connectivity index is 1.55. The van der Waals surface area contributed by atoms with Crippen molar-refractivity contribution in [3.8, 4) is 10.6 Å². The Labute approximate surface area is 172 Å². The lowest BCUT2D eigenvalue weighted by Crippen LogP contribution is -2.40. The minimum Gasteiger partial charge on any atom is -0.379 e. The fourth-order valence-electron chi connectivity index (χ4n) is 3.07. The smallest absolute Gasteiger partial charge is 0.276 e. The van der Waals surface area contributed by atoms with Crippen LogP contribution in [0.1, 0.15) is 16.1 Å². The molecular formula is C19H20N4O4S2. The van der Waals surface area contributed by atoms with Crippen LogP contribution in [0.2, 0.25) is 0 Å². The number of nitrogens with zero attached hydrogens (tertiary/aromatic N) is 2. The van der Waals surface area contributed by atoms with Crippen molar-refractivity contribution >= 4 is 33.0 Å². The molecule has 10 heteroatoms. The van der Waals surface area contributed by atoms with Gasteiger partial charge in [-0.05, 0) is 42.1 Å². The number of hydrogen-bond acceptors (Lipinski definition) is 6. The first-order valence-corrected chi connectivity index (χ1v) is 11.4. The molecule has 1 saturated heterocycles. The van der Waals surface area contributed by atoms with Crippen LogP contribution in [-0.4, -0.2) is 55.1 Å². The molecule has 3 heterocycles. The third kappa shape index (κ3) is 4.10. The van der Waals surface area contributed by atoms with Crippen LogP contribution in [0.25, 0.3) is 10.6 Å². The Morgan fingerprint density at radius 1 is 1.24 bits per heavy atom. The molecule has 0 aliphatic carbocycles. The third-order valence-electron chi connectivity index (χ3n) is 4.63. The summed E-state index contributed by atoms with van der Waals surface area (Å²) in [4.78, 5) is 13.7. The molecule has 3 aromatic rings. The minimum absolute atomic E-state index is 0.179. The molecule has 1 fully saturated rings. The molecule has 0 saturated carbocycles. The first kappa shape index (κ1) is 19.8. The highest BCUT2D eigenvalue weighted by Gasteiger charge is 2.28. The molecular weight excluding hydrogens is 412 g/mol. The zero-order valence-corrected chi connectivity index (χ0v) is 17.3. The zero-order valence-electron chi connectivity index (χ0n) is 15.7. The van der Waals surface area contributed by atoms with Gasteiger partial charge in [-0.15, -0.1) is 11.3 Å². The highest BCUT2D eigenvalue weighted by atomic mass is 32.2. The number of morpholine rings is 1. The average Bonchev–Trinajstić information content (AvgIpc) is 3.42. The van der Waals surface area contributed by atoms with Gasteiger partial charge in [0.2, 0.25) is 10.0 Å². The predicted octanol–water partition coefficient (Wildman–Crippen LogP) is 2.72. The average molecular weight is 433 g/mol. The Bertz CT molecular complexity index is 1120. The third-order valence-corrected chi connectivity index (χ3v) is 7.57. The van der Waals surface area contributed by atoms with Crippen molar-refractivity contribution in [2.45, 2.75) is 11.8 Å². The molecule has 2 aromatic heterocycles. The van der Waals surface area contributed by atoms with Gasteiger partial charge in [-0.3, -0.25) is 9.89 Å². The number of aromatic nitrogens is 2. The van der Waals surface area contributed by atoms with Crippen LogP contribution in [0.15, 0.2) is 46.7 Å². The van der Waals surface area contributed by atoms with Crippen LogP contribution in [0.4, 0.5) is 5.69 Å². The van der Waals surface area contributed by atoms with Gasteiger partial charge in [-0.2, -0.15) is 9.40 Å². The number of anilines is 1. The molecule has 0 spiro atoms. The number of nitrogens with one attached hydrogen (secondary N) is 2. The van der Waals surface area contributed by atoms with Crippen LogP contribution in [0.5, 0.6) is 0 Å². The molecule has 8 nitrogen and oxygen atoms in total. The topological polar surface area (TPSA) is 104 Å². The van der Waals surface area contributed by atoms with Gasteiger partial charge < -0.3 is 10.1 Å². The van der Waals surface area contributed by atoms with Crippen molar-refractivity contribution in [1.82, 2.24) is 14.5 Å². The largest absolute Gasteiger partial charge is 0.379 e. The second-order valence-electron chi connectivity index (χ2n) is 6.60. The van der Waals surface area contributed by atoms with Gasteiger partial charge in [0.15, 0.2) is 5.69 Å². The summed E-state index contributed by atoms with van der Waals surface area (Å²) in [7, 11) is -3.66. The molecule has 1 aliphatic rings. The molecule has 152 valence electrons. The maximum absolute atomic E-state index is 13.0. The fourth-order valence-corrected chi connectivity index (χ4v) is 5.42. The van der Waals surface area contributed by atoms with Crippen molar-refractivity contribution in [2.75, 3.05) is 31.6 Å². The Hall–Kier alpha value is -2.53. The summed E-state index contributed by atoms with van der Waals surface area (Å²) >= 11 is 1.54. The summed E-state index contributed by atoms with van der Waals surface area (Å²) in [6.07, 6.45) is 0. The van der Waals surface area contributed by atoms with E-state index in [4.69, 9.17) is 4.74 Å². The lowest BCUT2D eigenvalue weighted by Gasteiger charge is -2.26. The van der Waals surface area contributed by atoms with E-state index in [-0.39, 0.29) is 10.6 Å². The second-order valence-corrected chi connectivity index (χ2v) is 9.45. The maximum atomic E-state index is 13.0. The number of thiophene rings is 1. The molecule has 1 aromatic carbocycles. The van der Waals surface area contributed by atoms with E-state index in [9.17, 15) is 13.2 Å². The van der Waals surface area contributed by atoms with E-state index in [2.05, 4.69) is 15.5 Å². The van der Waals surface area contributed by atoms with Crippen molar-refractivity contribution in [3.05, 3.63) is 53.0 Å². The van der Waals surface area contributed by atoms with Gasteiger partial charge in [-0.1, -0.05) is 12.1 Å².